The maximum Gasteiger partial charge on any atom is 0.0587 e. The molecule has 0 fully saturated rings. The fourth-order valence-electron chi connectivity index (χ4n) is 1.16. The van der Waals surface area contributed by atoms with Gasteiger partial charge in [-0.05, 0) is 13.8 Å². The van der Waals surface area contributed by atoms with Crippen molar-refractivity contribution in [2.75, 3.05) is 20.3 Å². The van der Waals surface area contributed by atoms with E-state index in [1.54, 1.807) is 7.11 Å². The van der Waals surface area contributed by atoms with E-state index in [1.165, 1.54) is 5.56 Å². The minimum Gasteiger partial charge on any atom is -0.383 e. The molecule has 0 aliphatic carbocycles. The minimum atomic E-state index is 0.433. The molecule has 0 radical (unpaired) electrons. The first-order chi connectivity index (χ1) is 6.74. The third kappa shape index (κ3) is 3.47. The van der Waals surface area contributed by atoms with E-state index >= 15 is 0 Å². The van der Waals surface area contributed by atoms with Crippen molar-refractivity contribution in [1.82, 2.24) is 15.1 Å². The summed E-state index contributed by atoms with van der Waals surface area (Å²) in [7, 11) is 1.71. The van der Waals surface area contributed by atoms with Gasteiger partial charge in [-0.2, -0.15) is 5.10 Å². The fourth-order valence-corrected chi connectivity index (χ4v) is 1.16. The van der Waals surface area contributed by atoms with E-state index in [2.05, 4.69) is 30.5 Å². The molecule has 0 saturated carbocycles. The quantitative estimate of drug-likeness (QED) is 0.696. The van der Waals surface area contributed by atoms with Crippen LogP contribution in [0, 0.1) is 0 Å². The van der Waals surface area contributed by atoms with E-state index in [1.807, 2.05) is 10.9 Å². The molecule has 0 unspecified atom stereocenters. The number of nitrogens with one attached hydrogen (secondary N) is 1. The number of hydrogen-bond donors (Lipinski definition) is 1. The van der Waals surface area contributed by atoms with Gasteiger partial charge in [0.05, 0.1) is 12.8 Å². The van der Waals surface area contributed by atoms with Crippen LogP contribution in [0.4, 0.5) is 0 Å². The highest BCUT2D eigenvalue weighted by atomic mass is 16.5. The van der Waals surface area contributed by atoms with Gasteiger partial charge in [0.1, 0.15) is 0 Å². The summed E-state index contributed by atoms with van der Waals surface area (Å²) in [4.78, 5) is 0. The van der Waals surface area contributed by atoms with Crippen molar-refractivity contribution in [3.05, 3.63) is 18.0 Å². The van der Waals surface area contributed by atoms with E-state index in [9.17, 15) is 0 Å². The number of aromatic nitrogens is 2. The van der Waals surface area contributed by atoms with Crippen molar-refractivity contribution in [3.8, 4) is 0 Å². The number of hydrogen-bond acceptors (Lipinski definition) is 3. The summed E-state index contributed by atoms with van der Waals surface area (Å²) in [5.74, 6) is 0. The Morgan fingerprint density at radius 2 is 2.36 bits per heavy atom. The van der Waals surface area contributed by atoms with E-state index in [0.717, 1.165) is 19.7 Å². The third-order valence-electron chi connectivity index (χ3n) is 2.00. The Labute approximate surface area is 85.3 Å². The molecule has 0 saturated heterocycles. The SMILES string of the molecule is COCCNCc1cnn(C(C)C)c1. The minimum absolute atomic E-state index is 0.433. The van der Waals surface area contributed by atoms with Crippen LogP contribution in [-0.4, -0.2) is 30.0 Å². The molecule has 14 heavy (non-hydrogen) atoms. The number of ether oxygens (including phenoxy) is 1. The van der Waals surface area contributed by atoms with Gasteiger partial charge in [0, 0.05) is 38.0 Å². The molecule has 0 aliphatic rings. The first-order valence-corrected chi connectivity index (χ1v) is 4.96. The second kappa shape index (κ2) is 5.78. The Morgan fingerprint density at radius 1 is 1.57 bits per heavy atom. The summed E-state index contributed by atoms with van der Waals surface area (Å²) in [5.41, 5.74) is 1.22. The predicted molar refractivity (Wildman–Crippen MR) is 56.2 cm³/mol. The van der Waals surface area contributed by atoms with E-state index in [-0.39, 0.29) is 0 Å². The molecular formula is C10H19N3O. The van der Waals surface area contributed by atoms with Crippen LogP contribution in [-0.2, 0) is 11.3 Å². The Kier molecular flexibility index (Phi) is 4.62. The van der Waals surface area contributed by atoms with Crippen LogP contribution in [0.25, 0.3) is 0 Å². The molecule has 0 amide bonds. The molecule has 1 heterocycles. The van der Waals surface area contributed by atoms with Gasteiger partial charge in [0.2, 0.25) is 0 Å². The zero-order chi connectivity index (χ0) is 10.4. The Bertz CT molecular complexity index is 258. The van der Waals surface area contributed by atoms with Gasteiger partial charge in [0.25, 0.3) is 0 Å². The average molecular weight is 197 g/mol. The highest BCUT2D eigenvalue weighted by molar-refractivity contribution is 5.03. The van der Waals surface area contributed by atoms with Crippen LogP contribution in [0.1, 0.15) is 25.5 Å². The predicted octanol–water partition coefficient (Wildman–Crippen LogP) is 1.20. The number of rotatable bonds is 6. The lowest BCUT2D eigenvalue weighted by Gasteiger charge is -2.03. The fraction of sp³-hybridized carbons (Fsp3) is 0.700. The van der Waals surface area contributed by atoms with Gasteiger partial charge in [-0.15, -0.1) is 0 Å². The van der Waals surface area contributed by atoms with Crippen LogP contribution < -0.4 is 5.32 Å². The lowest BCUT2D eigenvalue weighted by Crippen LogP contribution is -2.18. The Balaban J connectivity index is 2.29. The standard InChI is InChI=1S/C10H19N3O/c1-9(2)13-8-10(7-12-13)6-11-4-5-14-3/h7-9,11H,4-6H2,1-3H3. The summed E-state index contributed by atoms with van der Waals surface area (Å²) in [6, 6.07) is 0.433. The third-order valence-corrected chi connectivity index (χ3v) is 2.00. The van der Waals surface area contributed by atoms with Gasteiger partial charge in [-0.3, -0.25) is 4.68 Å². The summed E-state index contributed by atoms with van der Waals surface area (Å²) in [6.07, 6.45) is 3.98. The van der Waals surface area contributed by atoms with Gasteiger partial charge in [-0.25, -0.2) is 0 Å². The molecule has 0 spiro atoms. The monoisotopic (exact) mass is 197 g/mol. The van der Waals surface area contributed by atoms with Crippen molar-refractivity contribution in [2.45, 2.75) is 26.4 Å². The molecule has 80 valence electrons. The summed E-state index contributed by atoms with van der Waals surface area (Å²) in [6.45, 7) is 6.72. The smallest absolute Gasteiger partial charge is 0.0587 e. The first kappa shape index (κ1) is 11.2. The first-order valence-electron chi connectivity index (χ1n) is 4.96. The highest BCUT2D eigenvalue weighted by Crippen LogP contribution is 2.04. The summed E-state index contributed by atoms with van der Waals surface area (Å²) >= 11 is 0. The van der Waals surface area contributed by atoms with Crippen LogP contribution >= 0.6 is 0 Å². The second-order valence-corrected chi connectivity index (χ2v) is 3.59. The molecular weight excluding hydrogens is 178 g/mol. The van der Waals surface area contributed by atoms with Crippen LogP contribution in [0.5, 0.6) is 0 Å². The molecule has 4 heteroatoms. The molecule has 0 aromatic carbocycles. The average Bonchev–Trinajstić information content (AvgIpc) is 2.61. The number of nitrogens with zero attached hydrogens (tertiary/aromatic N) is 2. The van der Waals surface area contributed by atoms with Crippen molar-refractivity contribution < 1.29 is 4.74 Å². The second-order valence-electron chi connectivity index (χ2n) is 3.59. The van der Waals surface area contributed by atoms with Gasteiger partial charge in [0.15, 0.2) is 0 Å². The Morgan fingerprint density at radius 3 is 2.93 bits per heavy atom. The van der Waals surface area contributed by atoms with E-state index in [0.29, 0.717) is 6.04 Å². The van der Waals surface area contributed by atoms with E-state index < -0.39 is 0 Å². The molecule has 1 N–H and O–H groups in total. The van der Waals surface area contributed by atoms with Crippen LogP contribution in [0.3, 0.4) is 0 Å². The lowest BCUT2D eigenvalue weighted by atomic mass is 10.3. The molecule has 1 rings (SSSR count). The molecule has 0 bridgehead atoms. The van der Waals surface area contributed by atoms with Gasteiger partial charge in [-0.1, -0.05) is 0 Å². The number of methoxy groups -OCH3 is 1. The summed E-state index contributed by atoms with van der Waals surface area (Å²) < 4.78 is 6.91. The molecule has 0 atom stereocenters. The zero-order valence-corrected chi connectivity index (χ0v) is 9.16. The largest absolute Gasteiger partial charge is 0.383 e. The highest BCUT2D eigenvalue weighted by Gasteiger charge is 2.00. The maximum atomic E-state index is 4.94. The van der Waals surface area contributed by atoms with Crippen LogP contribution in [0.2, 0.25) is 0 Å². The van der Waals surface area contributed by atoms with Crippen molar-refractivity contribution in [1.29, 1.82) is 0 Å². The zero-order valence-electron chi connectivity index (χ0n) is 9.16. The maximum absolute atomic E-state index is 4.94. The molecule has 0 aliphatic heterocycles. The van der Waals surface area contributed by atoms with Crippen molar-refractivity contribution in [3.63, 3.8) is 0 Å². The van der Waals surface area contributed by atoms with Crippen molar-refractivity contribution >= 4 is 0 Å². The normalized spacial score (nSPS) is 11.1. The van der Waals surface area contributed by atoms with E-state index in [4.69, 9.17) is 4.74 Å². The van der Waals surface area contributed by atoms with Gasteiger partial charge >= 0.3 is 0 Å². The molecule has 4 nitrogen and oxygen atoms in total. The van der Waals surface area contributed by atoms with Crippen LogP contribution in [0.15, 0.2) is 12.4 Å². The molecule has 1 aromatic rings. The lowest BCUT2D eigenvalue weighted by molar-refractivity contribution is 0.199. The Hall–Kier alpha value is -0.870. The van der Waals surface area contributed by atoms with Gasteiger partial charge < -0.3 is 10.1 Å². The topological polar surface area (TPSA) is 39.1 Å². The van der Waals surface area contributed by atoms with Crippen molar-refractivity contribution in [2.24, 2.45) is 0 Å². The summed E-state index contributed by atoms with van der Waals surface area (Å²) in [5, 5.41) is 7.54. The molecule has 1 aromatic heterocycles.